The number of aryl methyl sites for hydroxylation is 1. The van der Waals surface area contributed by atoms with E-state index in [-0.39, 0.29) is 11.9 Å². The number of anilines is 1. The molecule has 1 aromatic heterocycles. The van der Waals surface area contributed by atoms with Gasteiger partial charge in [0.15, 0.2) is 5.69 Å². The number of nitrogens with one attached hydrogen (secondary N) is 1. The number of hydrogen-bond donors (Lipinski definition) is 1. The number of halogens is 1. The van der Waals surface area contributed by atoms with Crippen molar-refractivity contribution in [2.75, 3.05) is 31.5 Å². The lowest BCUT2D eigenvalue weighted by atomic mass is 10.3. The minimum atomic E-state index is -0.186. The van der Waals surface area contributed by atoms with Crippen LogP contribution in [0.2, 0.25) is 5.02 Å². The van der Waals surface area contributed by atoms with Crippen LogP contribution in [0.25, 0.3) is 0 Å². The lowest BCUT2D eigenvalue weighted by Gasteiger charge is -2.22. The Morgan fingerprint density at radius 1 is 1.12 bits per heavy atom. The molecule has 25 heavy (non-hydrogen) atoms. The van der Waals surface area contributed by atoms with Crippen LogP contribution in [0.1, 0.15) is 22.7 Å². The maximum atomic E-state index is 12.4. The van der Waals surface area contributed by atoms with E-state index < -0.39 is 0 Å². The van der Waals surface area contributed by atoms with Crippen LogP contribution in [-0.2, 0) is 0 Å². The van der Waals surface area contributed by atoms with E-state index in [1.54, 1.807) is 47.1 Å². The number of benzene rings is 1. The molecule has 2 aromatic rings. The summed E-state index contributed by atoms with van der Waals surface area (Å²) in [4.78, 5) is 28.2. The first kappa shape index (κ1) is 17.3. The maximum absolute atomic E-state index is 12.4. The molecule has 8 heteroatoms. The number of nitrogens with zero attached hydrogens (tertiary/aromatic N) is 3. The number of urea groups is 1. The van der Waals surface area contributed by atoms with Crippen molar-refractivity contribution in [3.8, 4) is 0 Å². The van der Waals surface area contributed by atoms with E-state index in [2.05, 4.69) is 10.5 Å². The van der Waals surface area contributed by atoms with Crippen molar-refractivity contribution in [3.63, 3.8) is 0 Å². The highest BCUT2D eigenvalue weighted by Gasteiger charge is 2.24. The molecule has 2 heterocycles. The van der Waals surface area contributed by atoms with E-state index in [1.165, 1.54) is 0 Å². The maximum Gasteiger partial charge on any atom is 0.321 e. The van der Waals surface area contributed by atoms with Gasteiger partial charge in [0.25, 0.3) is 5.91 Å². The van der Waals surface area contributed by atoms with Crippen LogP contribution in [-0.4, -0.2) is 53.1 Å². The molecule has 3 amide bonds. The van der Waals surface area contributed by atoms with E-state index in [9.17, 15) is 9.59 Å². The highest BCUT2D eigenvalue weighted by Crippen LogP contribution is 2.15. The lowest BCUT2D eigenvalue weighted by Crippen LogP contribution is -2.39. The number of amides is 3. The standard InChI is InChI=1S/C17H19ClN4O3/c1-12-11-15(20-25-12)16(23)21-7-2-8-22(10-9-21)17(24)19-14-5-3-13(18)4-6-14/h3-6,11H,2,7-10H2,1H3,(H,19,24). The van der Waals surface area contributed by atoms with Crippen molar-refractivity contribution >= 4 is 29.2 Å². The molecule has 0 bridgehead atoms. The topological polar surface area (TPSA) is 78.7 Å². The van der Waals surface area contributed by atoms with E-state index in [1.807, 2.05) is 0 Å². The zero-order valence-corrected chi connectivity index (χ0v) is 14.6. The van der Waals surface area contributed by atoms with Crippen LogP contribution < -0.4 is 5.32 Å². The van der Waals surface area contributed by atoms with Crippen molar-refractivity contribution in [2.45, 2.75) is 13.3 Å². The number of hydrogen-bond acceptors (Lipinski definition) is 4. The summed E-state index contributed by atoms with van der Waals surface area (Å²) in [6.45, 7) is 3.83. The summed E-state index contributed by atoms with van der Waals surface area (Å²) in [5.41, 5.74) is 0.987. The van der Waals surface area contributed by atoms with E-state index in [0.29, 0.717) is 54.8 Å². The first-order valence-corrected chi connectivity index (χ1v) is 8.45. The zero-order chi connectivity index (χ0) is 17.8. The molecule has 1 aromatic carbocycles. The first-order chi connectivity index (χ1) is 12.0. The van der Waals surface area contributed by atoms with Crippen molar-refractivity contribution in [1.82, 2.24) is 15.0 Å². The Labute approximate surface area is 150 Å². The van der Waals surface area contributed by atoms with Gasteiger partial charge in [-0.1, -0.05) is 16.8 Å². The van der Waals surface area contributed by atoms with Gasteiger partial charge >= 0.3 is 6.03 Å². The Bertz CT molecular complexity index is 760. The van der Waals surface area contributed by atoms with Gasteiger partial charge in [0, 0.05) is 43.0 Å². The van der Waals surface area contributed by atoms with Crippen LogP contribution in [0.15, 0.2) is 34.9 Å². The Hall–Kier alpha value is -2.54. The molecule has 1 aliphatic rings. The van der Waals surface area contributed by atoms with Crippen molar-refractivity contribution in [3.05, 3.63) is 46.8 Å². The predicted molar refractivity (Wildman–Crippen MR) is 93.8 cm³/mol. The van der Waals surface area contributed by atoms with Gasteiger partial charge in [0.1, 0.15) is 5.76 Å². The summed E-state index contributed by atoms with van der Waals surface area (Å²) in [7, 11) is 0. The first-order valence-electron chi connectivity index (χ1n) is 8.07. The summed E-state index contributed by atoms with van der Waals surface area (Å²) in [6.07, 6.45) is 0.705. The molecular formula is C17H19ClN4O3. The highest BCUT2D eigenvalue weighted by atomic mass is 35.5. The molecule has 1 N–H and O–H groups in total. The Balaban J connectivity index is 1.58. The number of carbonyl (C=O) groups is 2. The van der Waals surface area contributed by atoms with E-state index in [0.717, 1.165) is 0 Å². The second kappa shape index (κ2) is 7.57. The third-order valence-electron chi connectivity index (χ3n) is 4.01. The SMILES string of the molecule is Cc1cc(C(=O)N2CCCN(C(=O)Nc3ccc(Cl)cc3)CC2)no1. The molecule has 0 saturated carbocycles. The lowest BCUT2D eigenvalue weighted by molar-refractivity contribution is 0.0752. The van der Waals surface area contributed by atoms with Gasteiger partial charge in [-0.05, 0) is 37.6 Å². The van der Waals surface area contributed by atoms with Gasteiger partial charge in [0.05, 0.1) is 0 Å². The number of rotatable bonds is 2. The molecule has 132 valence electrons. The van der Waals surface area contributed by atoms with Crippen LogP contribution in [0.5, 0.6) is 0 Å². The molecule has 0 atom stereocenters. The summed E-state index contributed by atoms with van der Waals surface area (Å²) in [5.74, 6) is 0.430. The van der Waals surface area contributed by atoms with Crippen molar-refractivity contribution in [1.29, 1.82) is 0 Å². The minimum absolute atomic E-state index is 0.170. The second-order valence-corrected chi connectivity index (χ2v) is 6.33. The molecule has 3 rings (SSSR count). The molecule has 1 aliphatic heterocycles. The van der Waals surface area contributed by atoms with E-state index >= 15 is 0 Å². The fourth-order valence-electron chi connectivity index (χ4n) is 2.69. The van der Waals surface area contributed by atoms with Gasteiger partial charge in [-0.15, -0.1) is 0 Å². The average Bonchev–Trinajstić information content (AvgIpc) is 2.89. The Morgan fingerprint density at radius 3 is 2.48 bits per heavy atom. The van der Waals surface area contributed by atoms with Gasteiger partial charge in [-0.3, -0.25) is 4.79 Å². The second-order valence-electron chi connectivity index (χ2n) is 5.89. The van der Waals surface area contributed by atoms with E-state index in [4.69, 9.17) is 16.1 Å². The summed E-state index contributed by atoms with van der Waals surface area (Å²) in [5, 5.41) is 7.23. The largest absolute Gasteiger partial charge is 0.361 e. The van der Waals surface area contributed by atoms with Gasteiger partial charge in [-0.2, -0.15) is 0 Å². The van der Waals surface area contributed by atoms with Gasteiger partial charge < -0.3 is 19.6 Å². The molecule has 1 saturated heterocycles. The van der Waals surface area contributed by atoms with Crippen molar-refractivity contribution in [2.24, 2.45) is 0 Å². The molecule has 0 aliphatic carbocycles. The smallest absolute Gasteiger partial charge is 0.321 e. The number of carbonyl (C=O) groups excluding carboxylic acids is 2. The predicted octanol–water partition coefficient (Wildman–Crippen LogP) is 3.02. The highest BCUT2D eigenvalue weighted by molar-refractivity contribution is 6.30. The number of aromatic nitrogens is 1. The summed E-state index contributed by atoms with van der Waals surface area (Å²) in [6, 6.07) is 8.38. The van der Waals surface area contributed by atoms with Crippen LogP contribution in [0.3, 0.4) is 0 Å². The fraction of sp³-hybridized carbons (Fsp3) is 0.353. The Morgan fingerprint density at radius 2 is 1.80 bits per heavy atom. The average molecular weight is 363 g/mol. The molecule has 1 fully saturated rings. The molecule has 0 radical (unpaired) electrons. The molecule has 0 spiro atoms. The third-order valence-corrected chi connectivity index (χ3v) is 4.26. The van der Waals surface area contributed by atoms with Gasteiger partial charge in [0.2, 0.25) is 0 Å². The third kappa shape index (κ3) is 4.30. The zero-order valence-electron chi connectivity index (χ0n) is 13.9. The van der Waals surface area contributed by atoms with Crippen molar-refractivity contribution < 1.29 is 14.1 Å². The summed E-state index contributed by atoms with van der Waals surface area (Å²) < 4.78 is 4.96. The quantitative estimate of drug-likeness (QED) is 0.890. The minimum Gasteiger partial charge on any atom is -0.361 e. The van der Waals surface area contributed by atoms with Crippen LogP contribution >= 0.6 is 11.6 Å². The fourth-order valence-corrected chi connectivity index (χ4v) is 2.81. The molecule has 7 nitrogen and oxygen atoms in total. The Kier molecular flexibility index (Phi) is 5.23. The van der Waals surface area contributed by atoms with Crippen LogP contribution in [0, 0.1) is 6.92 Å². The molecule has 0 unspecified atom stereocenters. The summed E-state index contributed by atoms with van der Waals surface area (Å²) >= 11 is 5.84. The molecular weight excluding hydrogens is 344 g/mol. The monoisotopic (exact) mass is 362 g/mol. The van der Waals surface area contributed by atoms with Gasteiger partial charge in [-0.25, -0.2) is 4.79 Å². The van der Waals surface area contributed by atoms with Crippen LogP contribution in [0.4, 0.5) is 10.5 Å². The normalized spacial score (nSPS) is 15.0.